The molecule has 4 rings (SSSR count). The number of rotatable bonds is 5. The summed E-state index contributed by atoms with van der Waals surface area (Å²) in [4.78, 5) is 18.3. The van der Waals surface area contributed by atoms with Gasteiger partial charge in [-0.2, -0.15) is 0 Å². The first kappa shape index (κ1) is 17.1. The number of halogens is 2. The Morgan fingerprint density at radius 2 is 2.04 bits per heavy atom. The Hall–Kier alpha value is -2.38. The van der Waals surface area contributed by atoms with E-state index in [1.165, 1.54) is 23.5 Å². The second kappa shape index (κ2) is 7.09. The van der Waals surface area contributed by atoms with Crippen LogP contribution in [0.25, 0.3) is 10.2 Å². The first-order valence-electron chi connectivity index (χ1n) is 7.96. The SMILES string of the molecule is O=C(COc1ccc(Cl)cc1)OC1CN(c2nc3ccc(F)cc3s2)C1. The molecule has 2 heterocycles. The monoisotopic (exact) mass is 392 g/mol. The molecule has 0 amide bonds. The molecule has 134 valence electrons. The Morgan fingerprint density at radius 3 is 2.81 bits per heavy atom. The van der Waals surface area contributed by atoms with Crippen LogP contribution in [-0.2, 0) is 9.53 Å². The number of ether oxygens (including phenoxy) is 2. The van der Waals surface area contributed by atoms with Gasteiger partial charge in [0.25, 0.3) is 0 Å². The van der Waals surface area contributed by atoms with Crippen LogP contribution in [0.4, 0.5) is 9.52 Å². The fourth-order valence-electron chi connectivity index (χ4n) is 2.58. The molecule has 1 saturated heterocycles. The van der Waals surface area contributed by atoms with E-state index in [1.54, 1.807) is 30.3 Å². The number of esters is 1. The van der Waals surface area contributed by atoms with Crippen molar-refractivity contribution in [1.29, 1.82) is 0 Å². The molecule has 5 nitrogen and oxygen atoms in total. The van der Waals surface area contributed by atoms with Gasteiger partial charge in [0.05, 0.1) is 23.3 Å². The van der Waals surface area contributed by atoms with Gasteiger partial charge in [0, 0.05) is 5.02 Å². The molecule has 0 aliphatic carbocycles. The number of thiazole rings is 1. The lowest BCUT2D eigenvalue weighted by Gasteiger charge is -2.38. The molecular formula is C18H14ClFN2O3S. The first-order chi connectivity index (χ1) is 12.6. The van der Waals surface area contributed by atoms with Crippen molar-refractivity contribution in [3.05, 3.63) is 53.3 Å². The van der Waals surface area contributed by atoms with Gasteiger partial charge in [0.15, 0.2) is 11.7 Å². The predicted molar refractivity (Wildman–Crippen MR) is 98.6 cm³/mol. The number of anilines is 1. The first-order valence-corrected chi connectivity index (χ1v) is 9.15. The van der Waals surface area contributed by atoms with Crippen molar-refractivity contribution in [1.82, 2.24) is 4.98 Å². The molecule has 0 bridgehead atoms. The Labute approximate surface area is 157 Å². The number of benzene rings is 2. The fourth-order valence-corrected chi connectivity index (χ4v) is 3.72. The van der Waals surface area contributed by atoms with E-state index in [0.717, 1.165) is 15.3 Å². The Kier molecular flexibility index (Phi) is 4.65. The molecular weight excluding hydrogens is 379 g/mol. The lowest BCUT2D eigenvalue weighted by molar-refractivity contribution is -0.152. The van der Waals surface area contributed by atoms with Gasteiger partial charge in [-0.25, -0.2) is 14.2 Å². The van der Waals surface area contributed by atoms with E-state index in [1.807, 2.05) is 4.90 Å². The number of nitrogens with zero attached hydrogens (tertiary/aromatic N) is 2. The summed E-state index contributed by atoms with van der Waals surface area (Å²) in [5, 5.41) is 1.40. The summed E-state index contributed by atoms with van der Waals surface area (Å²) in [6.07, 6.45) is -0.194. The number of hydrogen-bond acceptors (Lipinski definition) is 6. The van der Waals surface area contributed by atoms with Gasteiger partial charge in [0.2, 0.25) is 0 Å². The Balaban J connectivity index is 1.26. The highest BCUT2D eigenvalue weighted by Crippen LogP contribution is 2.32. The van der Waals surface area contributed by atoms with Gasteiger partial charge in [0.1, 0.15) is 17.7 Å². The molecule has 1 aliphatic heterocycles. The zero-order chi connectivity index (χ0) is 18.1. The molecule has 0 unspecified atom stereocenters. The van der Waals surface area contributed by atoms with Crippen molar-refractivity contribution >= 4 is 44.3 Å². The van der Waals surface area contributed by atoms with E-state index in [-0.39, 0.29) is 18.5 Å². The van der Waals surface area contributed by atoms with Crippen LogP contribution in [0.2, 0.25) is 5.02 Å². The van der Waals surface area contributed by atoms with Crippen molar-refractivity contribution < 1.29 is 18.7 Å². The van der Waals surface area contributed by atoms with Crippen molar-refractivity contribution in [2.45, 2.75) is 6.10 Å². The maximum absolute atomic E-state index is 13.3. The molecule has 1 aliphatic rings. The van der Waals surface area contributed by atoms with Crippen LogP contribution in [0.3, 0.4) is 0 Å². The summed E-state index contributed by atoms with van der Waals surface area (Å²) < 4.78 is 24.8. The number of hydrogen-bond donors (Lipinski definition) is 0. The van der Waals surface area contributed by atoms with Crippen molar-refractivity contribution in [2.24, 2.45) is 0 Å². The summed E-state index contributed by atoms with van der Waals surface area (Å²) in [7, 11) is 0. The minimum atomic E-state index is -0.420. The molecule has 1 aromatic heterocycles. The molecule has 0 radical (unpaired) electrons. The molecule has 3 aromatic rings. The van der Waals surface area contributed by atoms with Crippen LogP contribution >= 0.6 is 22.9 Å². The average Bonchev–Trinajstić information content (AvgIpc) is 2.99. The third-order valence-corrected chi connectivity index (χ3v) is 5.26. The highest BCUT2D eigenvalue weighted by atomic mass is 35.5. The number of carbonyl (C=O) groups is 1. The summed E-state index contributed by atoms with van der Waals surface area (Å²) in [6, 6.07) is 11.3. The lowest BCUT2D eigenvalue weighted by Crippen LogP contribution is -2.53. The maximum atomic E-state index is 13.3. The van der Waals surface area contributed by atoms with E-state index in [4.69, 9.17) is 21.1 Å². The standard InChI is InChI=1S/C18H14ClFN2O3S/c19-11-1-4-13(5-2-11)24-10-17(23)25-14-8-22(9-14)18-21-15-6-3-12(20)7-16(15)26-18/h1-7,14H,8-10H2. The van der Waals surface area contributed by atoms with Crippen LogP contribution in [0.15, 0.2) is 42.5 Å². The normalized spacial score (nSPS) is 14.3. The van der Waals surface area contributed by atoms with Crippen molar-refractivity contribution in [3.63, 3.8) is 0 Å². The number of carbonyl (C=O) groups excluding carboxylic acids is 1. The zero-order valence-electron chi connectivity index (χ0n) is 13.5. The van der Waals surface area contributed by atoms with Crippen molar-refractivity contribution in [2.75, 3.05) is 24.6 Å². The van der Waals surface area contributed by atoms with Gasteiger partial charge in [-0.05, 0) is 42.5 Å². The Morgan fingerprint density at radius 1 is 1.27 bits per heavy atom. The minimum absolute atomic E-state index is 0.154. The highest BCUT2D eigenvalue weighted by Gasteiger charge is 2.32. The summed E-state index contributed by atoms with van der Waals surface area (Å²) in [5.41, 5.74) is 0.767. The lowest BCUT2D eigenvalue weighted by atomic mass is 10.2. The quantitative estimate of drug-likeness (QED) is 0.616. The Bertz CT molecular complexity index is 941. The van der Waals surface area contributed by atoms with Crippen LogP contribution in [0, 0.1) is 5.82 Å². The molecule has 26 heavy (non-hydrogen) atoms. The van der Waals surface area contributed by atoms with Crippen LogP contribution < -0.4 is 9.64 Å². The molecule has 8 heteroatoms. The molecule has 0 atom stereocenters. The third kappa shape index (κ3) is 3.73. The van der Waals surface area contributed by atoms with Gasteiger partial charge in [-0.3, -0.25) is 0 Å². The highest BCUT2D eigenvalue weighted by molar-refractivity contribution is 7.22. The second-order valence-corrected chi connectivity index (χ2v) is 7.31. The van der Waals surface area contributed by atoms with Gasteiger partial charge >= 0.3 is 5.97 Å². The molecule has 0 saturated carbocycles. The number of aromatic nitrogens is 1. The summed E-state index contributed by atoms with van der Waals surface area (Å²) >= 11 is 7.22. The van der Waals surface area contributed by atoms with E-state index in [9.17, 15) is 9.18 Å². The molecule has 1 fully saturated rings. The number of fused-ring (bicyclic) bond motifs is 1. The average molecular weight is 393 g/mol. The van der Waals surface area contributed by atoms with E-state index in [0.29, 0.717) is 23.9 Å². The predicted octanol–water partition coefficient (Wildman–Crippen LogP) is 3.90. The summed E-state index contributed by atoms with van der Waals surface area (Å²) in [5.74, 6) is -0.136. The fraction of sp³-hybridized carbons (Fsp3) is 0.222. The topological polar surface area (TPSA) is 51.7 Å². The smallest absolute Gasteiger partial charge is 0.344 e. The van der Waals surface area contributed by atoms with E-state index < -0.39 is 5.97 Å². The minimum Gasteiger partial charge on any atom is -0.482 e. The molecule has 0 spiro atoms. The maximum Gasteiger partial charge on any atom is 0.344 e. The zero-order valence-corrected chi connectivity index (χ0v) is 15.1. The summed E-state index contributed by atoms with van der Waals surface area (Å²) in [6.45, 7) is 0.975. The van der Waals surface area contributed by atoms with Crippen LogP contribution in [-0.4, -0.2) is 36.8 Å². The van der Waals surface area contributed by atoms with Crippen LogP contribution in [0.5, 0.6) is 5.75 Å². The van der Waals surface area contributed by atoms with E-state index in [2.05, 4.69) is 4.98 Å². The van der Waals surface area contributed by atoms with Crippen LogP contribution in [0.1, 0.15) is 0 Å². The van der Waals surface area contributed by atoms with E-state index >= 15 is 0 Å². The van der Waals surface area contributed by atoms with Crippen molar-refractivity contribution in [3.8, 4) is 5.75 Å². The van der Waals surface area contributed by atoms with Gasteiger partial charge in [-0.1, -0.05) is 22.9 Å². The molecule has 2 aromatic carbocycles. The second-order valence-electron chi connectivity index (χ2n) is 5.87. The van der Waals surface area contributed by atoms with Gasteiger partial charge < -0.3 is 14.4 Å². The molecule has 0 N–H and O–H groups in total. The van der Waals surface area contributed by atoms with Gasteiger partial charge in [-0.15, -0.1) is 0 Å². The third-order valence-electron chi connectivity index (χ3n) is 3.93. The largest absolute Gasteiger partial charge is 0.482 e.